The molecule has 0 bridgehead atoms. The van der Waals surface area contributed by atoms with E-state index >= 15 is 0 Å². The molecule has 0 radical (unpaired) electrons. The second-order valence-corrected chi connectivity index (χ2v) is 4.04. The summed E-state index contributed by atoms with van der Waals surface area (Å²) in [6, 6.07) is 1.78. The zero-order valence-corrected chi connectivity index (χ0v) is 8.21. The zero-order chi connectivity index (χ0) is 7.56. The van der Waals surface area contributed by atoms with E-state index in [0.717, 1.165) is 9.90 Å². The lowest BCUT2D eigenvalue weighted by atomic mass is 10.2. The molecule has 1 heterocycles. The number of alkyl halides is 1. The molecule has 0 aliphatic heterocycles. The van der Waals surface area contributed by atoms with Gasteiger partial charge in [0.1, 0.15) is 0 Å². The fraction of sp³-hybridized carbons (Fsp3) is 0.333. The highest BCUT2D eigenvalue weighted by atomic mass is 79.9. The quantitative estimate of drug-likeness (QED) is 0.790. The second kappa shape index (κ2) is 3.72. The molecule has 0 spiro atoms. The number of halogens is 2. The Morgan fingerprint density at radius 3 is 2.90 bits per heavy atom. The number of aliphatic hydroxyl groups is 1. The molecule has 0 aliphatic carbocycles. The monoisotopic (exact) mass is 240 g/mol. The molecule has 0 fully saturated rings. The molecule has 0 saturated heterocycles. The maximum atomic E-state index is 9.24. The predicted molar refractivity (Wildman–Crippen MR) is 48.1 cm³/mol. The third-order valence-electron chi connectivity index (χ3n) is 1.12. The van der Waals surface area contributed by atoms with Crippen molar-refractivity contribution >= 4 is 38.9 Å². The van der Waals surface area contributed by atoms with Crippen LogP contribution in [-0.2, 0) is 0 Å². The third-order valence-corrected chi connectivity index (χ3v) is 2.84. The van der Waals surface area contributed by atoms with Gasteiger partial charge in [-0.1, -0.05) is 27.5 Å². The topological polar surface area (TPSA) is 20.2 Å². The minimum atomic E-state index is -0.427. The highest BCUT2D eigenvalue weighted by Gasteiger charge is 2.06. The van der Waals surface area contributed by atoms with Gasteiger partial charge < -0.3 is 5.11 Å². The molecule has 0 amide bonds. The van der Waals surface area contributed by atoms with Crippen LogP contribution in [0, 0.1) is 0 Å². The number of aliphatic hydroxyl groups excluding tert-OH is 1. The van der Waals surface area contributed by atoms with Gasteiger partial charge in [0.05, 0.1) is 10.4 Å². The number of hydrogen-bond acceptors (Lipinski definition) is 2. The maximum Gasteiger partial charge on any atom is 0.0932 e. The van der Waals surface area contributed by atoms with Crippen molar-refractivity contribution in [2.75, 3.05) is 5.33 Å². The molecule has 1 N–H and O–H groups in total. The van der Waals surface area contributed by atoms with Crippen LogP contribution in [0.25, 0.3) is 0 Å². The summed E-state index contributed by atoms with van der Waals surface area (Å²) in [6.07, 6.45) is -0.427. The SMILES string of the molecule is O[C@@H](CBr)c1csc(Cl)c1. The molecule has 1 aromatic heterocycles. The van der Waals surface area contributed by atoms with Gasteiger partial charge in [-0.05, 0) is 17.0 Å². The highest BCUT2D eigenvalue weighted by molar-refractivity contribution is 9.09. The predicted octanol–water partition coefficient (Wildman–Crippen LogP) is 2.83. The van der Waals surface area contributed by atoms with E-state index in [1.54, 1.807) is 6.07 Å². The third kappa shape index (κ3) is 1.95. The lowest BCUT2D eigenvalue weighted by Gasteiger charge is -2.00. The Hall–Kier alpha value is 0.430. The summed E-state index contributed by atoms with van der Waals surface area (Å²) in [7, 11) is 0. The van der Waals surface area contributed by atoms with Crippen LogP contribution < -0.4 is 0 Å². The zero-order valence-electron chi connectivity index (χ0n) is 5.05. The van der Waals surface area contributed by atoms with Gasteiger partial charge in [0.25, 0.3) is 0 Å². The van der Waals surface area contributed by atoms with Gasteiger partial charge in [0.15, 0.2) is 0 Å². The Balaban J connectivity index is 2.74. The lowest BCUT2D eigenvalue weighted by Crippen LogP contribution is -1.94. The van der Waals surface area contributed by atoms with Crippen molar-refractivity contribution in [2.24, 2.45) is 0 Å². The average molecular weight is 242 g/mol. The van der Waals surface area contributed by atoms with Crippen LogP contribution in [-0.4, -0.2) is 10.4 Å². The van der Waals surface area contributed by atoms with Crippen molar-refractivity contribution in [1.29, 1.82) is 0 Å². The minimum absolute atomic E-state index is 0.427. The molecule has 4 heteroatoms. The minimum Gasteiger partial charge on any atom is -0.388 e. The summed E-state index contributed by atoms with van der Waals surface area (Å²) in [5, 5.41) is 11.7. The van der Waals surface area contributed by atoms with Crippen LogP contribution in [0.3, 0.4) is 0 Å². The molecule has 1 atom stereocenters. The van der Waals surface area contributed by atoms with E-state index in [1.165, 1.54) is 11.3 Å². The molecule has 56 valence electrons. The molecule has 1 rings (SSSR count). The number of rotatable bonds is 2. The molecular formula is C6H6BrClOS. The maximum absolute atomic E-state index is 9.24. The summed E-state index contributed by atoms with van der Waals surface area (Å²) >= 11 is 10.3. The normalized spacial score (nSPS) is 13.5. The molecule has 0 aromatic carbocycles. The van der Waals surface area contributed by atoms with Crippen LogP contribution in [0.4, 0.5) is 0 Å². The van der Waals surface area contributed by atoms with E-state index < -0.39 is 6.10 Å². The van der Waals surface area contributed by atoms with Gasteiger partial charge in [-0.15, -0.1) is 11.3 Å². The average Bonchev–Trinajstić information content (AvgIpc) is 2.34. The van der Waals surface area contributed by atoms with Gasteiger partial charge in [0.2, 0.25) is 0 Å². The summed E-state index contributed by atoms with van der Waals surface area (Å²) in [5.74, 6) is 0. The number of thiophene rings is 1. The second-order valence-electron chi connectivity index (χ2n) is 1.85. The van der Waals surface area contributed by atoms with Gasteiger partial charge in [-0.2, -0.15) is 0 Å². The summed E-state index contributed by atoms with van der Waals surface area (Å²) in [5.41, 5.74) is 0.881. The van der Waals surface area contributed by atoms with Crippen molar-refractivity contribution in [1.82, 2.24) is 0 Å². The Labute approximate surface area is 76.8 Å². The van der Waals surface area contributed by atoms with Crippen LogP contribution in [0.1, 0.15) is 11.7 Å². The van der Waals surface area contributed by atoms with Crippen molar-refractivity contribution < 1.29 is 5.11 Å². The molecule has 10 heavy (non-hydrogen) atoms. The van der Waals surface area contributed by atoms with E-state index in [-0.39, 0.29) is 0 Å². The van der Waals surface area contributed by atoms with Gasteiger partial charge in [-0.3, -0.25) is 0 Å². The fourth-order valence-corrected chi connectivity index (χ4v) is 1.90. The standard InChI is InChI=1S/C6H6BrClOS/c7-2-5(9)4-1-6(8)10-3-4/h1,3,5,9H,2H2/t5-/m0/s1. The van der Waals surface area contributed by atoms with Crippen LogP contribution in [0.15, 0.2) is 11.4 Å². The van der Waals surface area contributed by atoms with E-state index in [1.807, 2.05) is 5.38 Å². The number of hydrogen-bond donors (Lipinski definition) is 1. The van der Waals surface area contributed by atoms with E-state index in [2.05, 4.69) is 15.9 Å². The first kappa shape index (κ1) is 8.53. The van der Waals surface area contributed by atoms with E-state index in [0.29, 0.717) is 5.33 Å². The van der Waals surface area contributed by atoms with Crippen LogP contribution >= 0.6 is 38.9 Å². The highest BCUT2D eigenvalue weighted by Crippen LogP contribution is 2.25. The van der Waals surface area contributed by atoms with E-state index in [9.17, 15) is 5.11 Å². The molecular weight excluding hydrogens is 235 g/mol. The van der Waals surface area contributed by atoms with Gasteiger partial charge in [-0.25, -0.2) is 0 Å². The van der Waals surface area contributed by atoms with E-state index in [4.69, 9.17) is 11.6 Å². The van der Waals surface area contributed by atoms with Crippen molar-refractivity contribution in [3.63, 3.8) is 0 Å². The lowest BCUT2D eigenvalue weighted by molar-refractivity contribution is 0.206. The molecule has 0 saturated carbocycles. The summed E-state index contributed by atoms with van der Waals surface area (Å²) in [6.45, 7) is 0. The van der Waals surface area contributed by atoms with Crippen molar-refractivity contribution in [2.45, 2.75) is 6.10 Å². The van der Waals surface area contributed by atoms with Crippen LogP contribution in [0.5, 0.6) is 0 Å². The molecule has 1 nitrogen and oxygen atoms in total. The first-order valence-corrected chi connectivity index (χ1v) is 5.10. The first-order valence-electron chi connectivity index (χ1n) is 2.72. The Morgan fingerprint density at radius 1 is 1.80 bits per heavy atom. The van der Waals surface area contributed by atoms with Gasteiger partial charge in [0, 0.05) is 5.33 Å². The molecule has 1 aromatic rings. The van der Waals surface area contributed by atoms with Gasteiger partial charge >= 0.3 is 0 Å². The first-order chi connectivity index (χ1) is 4.74. The Morgan fingerprint density at radius 2 is 2.50 bits per heavy atom. The summed E-state index contributed by atoms with van der Waals surface area (Å²) in [4.78, 5) is 0. The fourth-order valence-electron chi connectivity index (χ4n) is 0.587. The molecule has 0 unspecified atom stereocenters. The van der Waals surface area contributed by atoms with Crippen LogP contribution in [0.2, 0.25) is 4.34 Å². The molecule has 0 aliphatic rings. The smallest absolute Gasteiger partial charge is 0.0932 e. The largest absolute Gasteiger partial charge is 0.388 e. The Bertz CT molecular complexity index is 213. The van der Waals surface area contributed by atoms with Crippen molar-refractivity contribution in [3.05, 3.63) is 21.3 Å². The van der Waals surface area contributed by atoms with Crippen molar-refractivity contribution in [3.8, 4) is 0 Å². The Kier molecular flexibility index (Phi) is 3.17. The summed E-state index contributed by atoms with van der Waals surface area (Å²) < 4.78 is 0.718.